The summed E-state index contributed by atoms with van der Waals surface area (Å²) >= 11 is 1.51. The number of hydrogen-bond acceptors (Lipinski definition) is 3. The fourth-order valence-electron chi connectivity index (χ4n) is 1.69. The van der Waals surface area contributed by atoms with E-state index in [0.29, 0.717) is 0 Å². The van der Waals surface area contributed by atoms with E-state index in [4.69, 9.17) is 0 Å². The van der Waals surface area contributed by atoms with Crippen LogP contribution in [0.15, 0.2) is 23.6 Å². The van der Waals surface area contributed by atoms with Crippen LogP contribution in [0.4, 0.5) is 0 Å². The number of thiazole rings is 1. The summed E-state index contributed by atoms with van der Waals surface area (Å²) in [6.07, 6.45) is -0.599. The van der Waals surface area contributed by atoms with Crippen molar-refractivity contribution in [1.82, 2.24) is 4.98 Å². The van der Waals surface area contributed by atoms with Gasteiger partial charge >= 0.3 is 0 Å². The Hall–Kier alpha value is -1.19. The molecule has 1 unspecified atom stereocenters. The summed E-state index contributed by atoms with van der Waals surface area (Å²) in [5.41, 5.74) is 4.18. The molecule has 0 fully saturated rings. The van der Waals surface area contributed by atoms with Gasteiger partial charge in [-0.2, -0.15) is 0 Å². The molecule has 2 nitrogen and oxygen atoms in total. The van der Waals surface area contributed by atoms with E-state index in [0.717, 1.165) is 27.4 Å². The summed E-state index contributed by atoms with van der Waals surface area (Å²) in [5, 5.41) is 13.0. The van der Waals surface area contributed by atoms with E-state index in [1.165, 1.54) is 11.3 Å². The first-order valence-corrected chi connectivity index (χ1v) is 6.13. The molecule has 1 aromatic carbocycles. The molecule has 3 heteroatoms. The average Bonchev–Trinajstić information content (AvgIpc) is 2.67. The van der Waals surface area contributed by atoms with Gasteiger partial charge in [-0.15, -0.1) is 11.3 Å². The zero-order valence-electron chi connectivity index (χ0n) is 9.69. The van der Waals surface area contributed by atoms with Gasteiger partial charge < -0.3 is 5.11 Å². The van der Waals surface area contributed by atoms with Gasteiger partial charge in [0.2, 0.25) is 0 Å². The monoisotopic (exact) mass is 233 g/mol. The Kier molecular flexibility index (Phi) is 3.08. The molecule has 1 aromatic heterocycles. The van der Waals surface area contributed by atoms with E-state index < -0.39 is 6.10 Å². The Balaban J connectivity index is 2.40. The maximum Gasteiger partial charge on any atom is 0.131 e. The molecule has 0 amide bonds. The van der Waals surface area contributed by atoms with Crippen LogP contribution in [-0.4, -0.2) is 10.1 Å². The molecule has 0 radical (unpaired) electrons. The summed E-state index contributed by atoms with van der Waals surface area (Å²) in [7, 11) is 0. The second-order valence-corrected chi connectivity index (χ2v) is 4.98. The van der Waals surface area contributed by atoms with E-state index in [1.807, 2.05) is 38.3 Å². The van der Waals surface area contributed by atoms with Crippen molar-refractivity contribution in [2.24, 2.45) is 0 Å². The normalized spacial score (nSPS) is 12.8. The van der Waals surface area contributed by atoms with Crippen LogP contribution in [0.25, 0.3) is 0 Å². The third-order valence-corrected chi connectivity index (χ3v) is 3.62. The number of aromatic nitrogens is 1. The number of aliphatic hydroxyl groups excluding tert-OH is 1. The Morgan fingerprint density at radius 3 is 2.62 bits per heavy atom. The van der Waals surface area contributed by atoms with Gasteiger partial charge in [-0.05, 0) is 31.9 Å². The van der Waals surface area contributed by atoms with Crippen LogP contribution in [0.2, 0.25) is 0 Å². The Morgan fingerprint density at radius 1 is 1.25 bits per heavy atom. The summed E-state index contributed by atoms with van der Waals surface area (Å²) in [5.74, 6) is 0. The lowest BCUT2D eigenvalue weighted by atomic mass is 10.0. The van der Waals surface area contributed by atoms with Crippen LogP contribution in [0.1, 0.15) is 33.5 Å². The first-order chi connectivity index (χ1) is 7.58. The lowest BCUT2D eigenvalue weighted by molar-refractivity contribution is 0.219. The first kappa shape index (κ1) is 11.3. The number of rotatable bonds is 2. The van der Waals surface area contributed by atoms with Crippen molar-refractivity contribution in [3.8, 4) is 0 Å². The quantitative estimate of drug-likeness (QED) is 0.864. The molecule has 0 aliphatic heterocycles. The van der Waals surface area contributed by atoms with Crippen molar-refractivity contribution in [3.05, 3.63) is 51.0 Å². The summed E-state index contributed by atoms with van der Waals surface area (Å²) < 4.78 is 0. The predicted molar refractivity (Wildman–Crippen MR) is 66.8 cm³/mol. The van der Waals surface area contributed by atoms with Gasteiger partial charge in [-0.3, -0.25) is 0 Å². The Labute approximate surface area is 99.6 Å². The van der Waals surface area contributed by atoms with Gasteiger partial charge in [0, 0.05) is 11.1 Å². The zero-order chi connectivity index (χ0) is 11.7. The van der Waals surface area contributed by atoms with Gasteiger partial charge in [0.25, 0.3) is 0 Å². The van der Waals surface area contributed by atoms with Crippen molar-refractivity contribution in [2.45, 2.75) is 26.9 Å². The van der Waals surface area contributed by atoms with Crippen LogP contribution < -0.4 is 0 Å². The molecule has 1 N–H and O–H groups in total. The van der Waals surface area contributed by atoms with Gasteiger partial charge in [0.1, 0.15) is 11.1 Å². The van der Waals surface area contributed by atoms with Crippen LogP contribution in [0.5, 0.6) is 0 Å². The standard InChI is InChI=1S/C13H15NOS/c1-8-4-5-9(2)11(6-8)12(15)13-14-10(3)7-16-13/h4-7,12,15H,1-3H3. The minimum Gasteiger partial charge on any atom is -0.381 e. The van der Waals surface area contributed by atoms with E-state index in [1.54, 1.807) is 0 Å². The van der Waals surface area contributed by atoms with Crippen molar-refractivity contribution in [3.63, 3.8) is 0 Å². The number of aryl methyl sites for hydroxylation is 3. The maximum atomic E-state index is 10.3. The molecular weight excluding hydrogens is 218 g/mol. The van der Waals surface area contributed by atoms with Crippen molar-refractivity contribution >= 4 is 11.3 Å². The van der Waals surface area contributed by atoms with E-state index in [2.05, 4.69) is 11.1 Å². The summed E-state index contributed by atoms with van der Waals surface area (Å²) in [4.78, 5) is 4.33. The smallest absolute Gasteiger partial charge is 0.131 e. The number of aliphatic hydroxyl groups is 1. The van der Waals surface area contributed by atoms with Crippen LogP contribution in [0.3, 0.4) is 0 Å². The molecule has 2 rings (SSSR count). The fourth-order valence-corrected chi connectivity index (χ4v) is 2.48. The number of nitrogens with zero attached hydrogens (tertiary/aromatic N) is 1. The second kappa shape index (κ2) is 4.36. The highest BCUT2D eigenvalue weighted by Crippen LogP contribution is 2.27. The van der Waals surface area contributed by atoms with E-state index >= 15 is 0 Å². The predicted octanol–water partition coefficient (Wildman–Crippen LogP) is 3.15. The number of hydrogen-bond donors (Lipinski definition) is 1. The molecule has 0 saturated heterocycles. The summed E-state index contributed by atoms with van der Waals surface area (Å²) in [6, 6.07) is 6.11. The van der Waals surface area contributed by atoms with Gasteiger partial charge in [-0.1, -0.05) is 23.8 Å². The number of benzene rings is 1. The van der Waals surface area contributed by atoms with Gasteiger partial charge in [0.05, 0.1) is 0 Å². The van der Waals surface area contributed by atoms with Gasteiger partial charge in [-0.25, -0.2) is 4.98 Å². The van der Waals surface area contributed by atoms with Crippen molar-refractivity contribution in [1.29, 1.82) is 0 Å². The molecule has 16 heavy (non-hydrogen) atoms. The molecule has 0 bridgehead atoms. The van der Waals surface area contributed by atoms with Crippen LogP contribution in [-0.2, 0) is 0 Å². The zero-order valence-corrected chi connectivity index (χ0v) is 10.5. The SMILES string of the molecule is Cc1ccc(C)c(C(O)c2nc(C)cs2)c1. The molecule has 0 spiro atoms. The highest BCUT2D eigenvalue weighted by molar-refractivity contribution is 7.09. The van der Waals surface area contributed by atoms with E-state index in [-0.39, 0.29) is 0 Å². The Bertz CT molecular complexity index is 504. The second-order valence-electron chi connectivity index (χ2n) is 4.09. The van der Waals surface area contributed by atoms with Crippen LogP contribution >= 0.6 is 11.3 Å². The van der Waals surface area contributed by atoms with Crippen molar-refractivity contribution < 1.29 is 5.11 Å². The first-order valence-electron chi connectivity index (χ1n) is 5.25. The topological polar surface area (TPSA) is 33.1 Å². The minimum atomic E-state index is -0.599. The Morgan fingerprint density at radius 2 is 2.00 bits per heavy atom. The van der Waals surface area contributed by atoms with Gasteiger partial charge in [0.15, 0.2) is 0 Å². The van der Waals surface area contributed by atoms with Crippen LogP contribution in [0, 0.1) is 20.8 Å². The minimum absolute atomic E-state index is 0.599. The molecule has 1 atom stereocenters. The largest absolute Gasteiger partial charge is 0.381 e. The third-order valence-electron chi connectivity index (χ3n) is 2.60. The molecule has 84 valence electrons. The third kappa shape index (κ3) is 2.15. The molecule has 0 aliphatic rings. The highest BCUT2D eigenvalue weighted by atomic mass is 32.1. The molecular formula is C13H15NOS. The molecule has 0 saturated carbocycles. The summed E-state index contributed by atoms with van der Waals surface area (Å²) in [6.45, 7) is 5.98. The van der Waals surface area contributed by atoms with E-state index in [9.17, 15) is 5.11 Å². The maximum absolute atomic E-state index is 10.3. The molecule has 0 aliphatic carbocycles. The van der Waals surface area contributed by atoms with Crippen molar-refractivity contribution in [2.75, 3.05) is 0 Å². The average molecular weight is 233 g/mol. The lowest BCUT2D eigenvalue weighted by Crippen LogP contribution is -2.02. The highest BCUT2D eigenvalue weighted by Gasteiger charge is 2.15. The molecule has 2 aromatic rings. The molecule has 1 heterocycles. The lowest BCUT2D eigenvalue weighted by Gasteiger charge is -2.12. The fraction of sp³-hybridized carbons (Fsp3) is 0.308.